The lowest BCUT2D eigenvalue weighted by atomic mass is 9.92. The molecule has 3 heteroatoms. The minimum Gasteiger partial charge on any atom is -0.497 e. The molecule has 1 aliphatic carbocycles. The summed E-state index contributed by atoms with van der Waals surface area (Å²) >= 11 is 0. The number of hydrogen-bond donors (Lipinski definition) is 1. The van der Waals surface area contributed by atoms with E-state index in [0.717, 1.165) is 30.6 Å². The maximum atomic E-state index is 5.86. The quantitative estimate of drug-likeness (QED) is 0.843. The van der Waals surface area contributed by atoms with Crippen molar-refractivity contribution in [3.8, 4) is 11.5 Å². The maximum Gasteiger partial charge on any atom is 0.119 e. The van der Waals surface area contributed by atoms with Crippen molar-refractivity contribution in [2.24, 2.45) is 17.6 Å². The van der Waals surface area contributed by atoms with Gasteiger partial charge in [-0.1, -0.05) is 25.7 Å². The Kier molecular flexibility index (Phi) is 4.88. The first-order valence-corrected chi connectivity index (χ1v) is 6.80. The van der Waals surface area contributed by atoms with Crippen LogP contribution in [0.5, 0.6) is 11.5 Å². The van der Waals surface area contributed by atoms with E-state index in [0.29, 0.717) is 5.92 Å². The molecular formula is C15H23NO2. The van der Waals surface area contributed by atoms with Crippen LogP contribution in [0.4, 0.5) is 0 Å². The van der Waals surface area contributed by atoms with Gasteiger partial charge in [-0.15, -0.1) is 0 Å². The van der Waals surface area contributed by atoms with E-state index in [4.69, 9.17) is 15.2 Å². The van der Waals surface area contributed by atoms with Gasteiger partial charge in [-0.25, -0.2) is 0 Å². The second-order valence-electron chi connectivity index (χ2n) is 5.03. The lowest BCUT2D eigenvalue weighted by Crippen LogP contribution is -2.27. The molecule has 0 amide bonds. The number of nitrogens with two attached hydrogens (primary N) is 1. The van der Waals surface area contributed by atoms with Gasteiger partial charge in [0, 0.05) is 5.92 Å². The van der Waals surface area contributed by atoms with Crippen LogP contribution in [0.1, 0.15) is 25.7 Å². The summed E-state index contributed by atoms with van der Waals surface area (Å²) in [6.07, 6.45) is 5.33. The Morgan fingerprint density at radius 2 is 1.78 bits per heavy atom. The van der Waals surface area contributed by atoms with Crippen LogP contribution in [0.15, 0.2) is 24.3 Å². The highest BCUT2D eigenvalue weighted by atomic mass is 16.5. The Hall–Kier alpha value is -1.22. The smallest absolute Gasteiger partial charge is 0.119 e. The van der Waals surface area contributed by atoms with Crippen molar-refractivity contribution in [2.45, 2.75) is 25.7 Å². The predicted octanol–water partition coefficient (Wildman–Crippen LogP) is 2.84. The number of hydrogen-bond acceptors (Lipinski definition) is 3. The van der Waals surface area contributed by atoms with Gasteiger partial charge < -0.3 is 15.2 Å². The Labute approximate surface area is 109 Å². The van der Waals surface area contributed by atoms with Crippen LogP contribution in [0.25, 0.3) is 0 Å². The highest BCUT2D eigenvalue weighted by Gasteiger charge is 2.24. The van der Waals surface area contributed by atoms with Gasteiger partial charge in [-0.2, -0.15) is 0 Å². The Morgan fingerprint density at radius 3 is 2.33 bits per heavy atom. The van der Waals surface area contributed by atoms with Gasteiger partial charge in [0.15, 0.2) is 0 Å². The molecule has 18 heavy (non-hydrogen) atoms. The van der Waals surface area contributed by atoms with Crippen LogP contribution in [0.3, 0.4) is 0 Å². The molecule has 1 aromatic rings. The first-order chi connectivity index (χ1) is 8.83. The van der Waals surface area contributed by atoms with Crippen LogP contribution >= 0.6 is 0 Å². The molecule has 1 aromatic carbocycles. The van der Waals surface area contributed by atoms with E-state index >= 15 is 0 Å². The molecule has 1 saturated carbocycles. The Bertz CT molecular complexity index is 344. The summed E-state index contributed by atoms with van der Waals surface area (Å²) in [7, 11) is 1.67. The average molecular weight is 249 g/mol. The van der Waals surface area contributed by atoms with Gasteiger partial charge in [0.05, 0.1) is 13.7 Å². The standard InChI is InChI=1S/C15H23NO2/c1-17-14-6-8-15(9-7-14)18-11-13(10-16)12-4-2-3-5-12/h6-9,12-13H,2-5,10-11,16H2,1H3. The van der Waals surface area contributed by atoms with E-state index in [2.05, 4.69) is 0 Å². The van der Waals surface area contributed by atoms with Crippen molar-refractivity contribution in [3.63, 3.8) is 0 Å². The second kappa shape index (κ2) is 6.64. The predicted molar refractivity (Wildman–Crippen MR) is 73.0 cm³/mol. The normalized spacial score (nSPS) is 17.7. The third-order valence-corrected chi connectivity index (χ3v) is 3.89. The van der Waals surface area contributed by atoms with Crippen LogP contribution in [-0.4, -0.2) is 20.3 Å². The average Bonchev–Trinajstić information content (AvgIpc) is 2.94. The van der Waals surface area contributed by atoms with Crippen LogP contribution in [-0.2, 0) is 0 Å². The molecule has 1 atom stereocenters. The molecule has 0 radical (unpaired) electrons. The van der Waals surface area contributed by atoms with Crippen molar-refractivity contribution in [1.82, 2.24) is 0 Å². The van der Waals surface area contributed by atoms with Crippen molar-refractivity contribution in [2.75, 3.05) is 20.3 Å². The molecule has 0 bridgehead atoms. The topological polar surface area (TPSA) is 44.5 Å². The van der Waals surface area contributed by atoms with Gasteiger partial charge in [0.2, 0.25) is 0 Å². The molecule has 2 rings (SSSR count). The minimum atomic E-state index is 0.495. The van der Waals surface area contributed by atoms with Crippen molar-refractivity contribution in [3.05, 3.63) is 24.3 Å². The van der Waals surface area contributed by atoms with Crippen molar-refractivity contribution < 1.29 is 9.47 Å². The first kappa shape index (κ1) is 13.2. The van der Waals surface area contributed by atoms with Crippen LogP contribution in [0.2, 0.25) is 0 Å². The zero-order valence-electron chi connectivity index (χ0n) is 11.1. The van der Waals surface area contributed by atoms with E-state index in [-0.39, 0.29) is 0 Å². The molecule has 3 nitrogen and oxygen atoms in total. The lowest BCUT2D eigenvalue weighted by Gasteiger charge is -2.22. The molecule has 0 aromatic heterocycles. The van der Waals surface area contributed by atoms with Gasteiger partial charge in [0.1, 0.15) is 11.5 Å². The van der Waals surface area contributed by atoms with Crippen molar-refractivity contribution >= 4 is 0 Å². The molecule has 0 saturated heterocycles. The Balaban J connectivity index is 1.84. The molecule has 0 aliphatic heterocycles. The number of benzene rings is 1. The number of ether oxygens (including phenoxy) is 2. The Morgan fingerprint density at radius 1 is 1.17 bits per heavy atom. The van der Waals surface area contributed by atoms with E-state index < -0.39 is 0 Å². The zero-order chi connectivity index (χ0) is 12.8. The van der Waals surface area contributed by atoms with E-state index in [9.17, 15) is 0 Å². The zero-order valence-corrected chi connectivity index (χ0v) is 11.1. The minimum absolute atomic E-state index is 0.495. The van der Waals surface area contributed by atoms with Gasteiger partial charge in [-0.3, -0.25) is 0 Å². The van der Waals surface area contributed by atoms with Gasteiger partial charge >= 0.3 is 0 Å². The molecule has 1 aliphatic rings. The van der Waals surface area contributed by atoms with Crippen molar-refractivity contribution in [1.29, 1.82) is 0 Å². The highest BCUT2D eigenvalue weighted by molar-refractivity contribution is 5.31. The third kappa shape index (κ3) is 3.39. The summed E-state index contributed by atoms with van der Waals surface area (Å²) < 4.78 is 11.0. The summed E-state index contributed by atoms with van der Waals surface area (Å²) in [6.45, 7) is 1.45. The lowest BCUT2D eigenvalue weighted by molar-refractivity contribution is 0.200. The molecular weight excluding hydrogens is 226 g/mol. The van der Waals surface area contributed by atoms with Crippen LogP contribution < -0.4 is 15.2 Å². The highest BCUT2D eigenvalue weighted by Crippen LogP contribution is 2.31. The molecule has 1 unspecified atom stereocenters. The fourth-order valence-corrected chi connectivity index (χ4v) is 2.70. The third-order valence-electron chi connectivity index (χ3n) is 3.89. The second-order valence-corrected chi connectivity index (χ2v) is 5.03. The van der Waals surface area contributed by atoms with E-state index in [1.165, 1.54) is 25.7 Å². The summed E-state index contributed by atoms with van der Waals surface area (Å²) in [4.78, 5) is 0. The molecule has 2 N–H and O–H groups in total. The fourth-order valence-electron chi connectivity index (χ4n) is 2.70. The van der Waals surface area contributed by atoms with Gasteiger partial charge in [-0.05, 0) is 36.7 Å². The molecule has 0 heterocycles. The molecule has 100 valence electrons. The first-order valence-electron chi connectivity index (χ1n) is 6.80. The number of methoxy groups -OCH3 is 1. The summed E-state index contributed by atoms with van der Waals surface area (Å²) in [5.74, 6) is 3.00. The summed E-state index contributed by atoms with van der Waals surface area (Å²) in [6, 6.07) is 7.73. The maximum absolute atomic E-state index is 5.86. The fraction of sp³-hybridized carbons (Fsp3) is 0.600. The van der Waals surface area contributed by atoms with E-state index in [1.807, 2.05) is 24.3 Å². The van der Waals surface area contributed by atoms with Crippen LogP contribution in [0, 0.1) is 11.8 Å². The molecule has 1 fully saturated rings. The molecule has 0 spiro atoms. The summed E-state index contributed by atoms with van der Waals surface area (Å²) in [5, 5.41) is 0. The number of rotatable bonds is 6. The SMILES string of the molecule is COc1ccc(OCC(CN)C2CCCC2)cc1. The monoisotopic (exact) mass is 249 g/mol. The summed E-state index contributed by atoms with van der Waals surface area (Å²) in [5.41, 5.74) is 5.86. The van der Waals surface area contributed by atoms with Gasteiger partial charge in [0.25, 0.3) is 0 Å². The largest absolute Gasteiger partial charge is 0.497 e. The van der Waals surface area contributed by atoms with E-state index in [1.54, 1.807) is 7.11 Å².